The van der Waals surface area contributed by atoms with Gasteiger partial charge in [0.1, 0.15) is 0 Å². The van der Waals surface area contributed by atoms with E-state index < -0.39 is 11.6 Å². The second-order valence-corrected chi connectivity index (χ2v) is 7.48. The molecule has 0 radical (unpaired) electrons. The van der Waals surface area contributed by atoms with Gasteiger partial charge in [-0.1, -0.05) is 44.2 Å². The van der Waals surface area contributed by atoms with Gasteiger partial charge < -0.3 is 15.4 Å². The van der Waals surface area contributed by atoms with E-state index in [1.807, 2.05) is 38.1 Å². The Morgan fingerprint density at radius 3 is 2.46 bits per heavy atom. The predicted molar refractivity (Wildman–Crippen MR) is 106 cm³/mol. The number of hydrogen-bond acceptors (Lipinski definition) is 4. The molecule has 28 heavy (non-hydrogen) atoms. The molecule has 0 aromatic heterocycles. The molecular weight excluding hydrogens is 356 g/mol. The zero-order valence-corrected chi connectivity index (χ0v) is 16.2. The number of esters is 1. The van der Waals surface area contributed by atoms with Gasteiger partial charge in [-0.3, -0.25) is 9.59 Å². The van der Waals surface area contributed by atoms with Crippen molar-refractivity contribution in [1.29, 1.82) is 0 Å². The van der Waals surface area contributed by atoms with Crippen LogP contribution in [0.3, 0.4) is 0 Å². The molecule has 0 saturated carbocycles. The molecule has 0 bridgehead atoms. The third-order valence-electron chi connectivity index (χ3n) is 4.76. The highest BCUT2D eigenvalue weighted by Gasteiger charge is 2.42. The fraction of sp³-hybridized carbons (Fsp3) is 0.318. The van der Waals surface area contributed by atoms with Crippen LogP contribution in [0.5, 0.6) is 0 Å². The number of benzene rings is 2. The van der Waals surface area contributed by atoms with Crippen LogP contribution < -0.4 is 10.6 Å². The Kier molecular flexibility index (Phi) is 5.49. The number of nitrogens with one attached hydrogen (secondary N) is 2. The summed E-state index contributed by atoms with van der Waals surface area (Å²) in [6, 6.07) is 14.4. The average molecular weight is 380 g/mol. The van der Waals surface area contributed by atoms with Crippen LogP contribution >= 0.6 is 0 Å². The van der Waals surface area contributed by atoms with E-state index in [2.05, 4.69) is 10.6 Å². The summed E-state index contributed by atoms with van der Waals surface area (Å²) >= 11 is 0. The van der Waals surface area contributed by atoms with Crippen LogP contribution in [0.15, 0.2) is 48.5 Å². The van der Waals surface area contributed by atoms with Crippen molar-refractivity contribution in [2.45, 2.75) is 39.3 Å². The minimum Gasteiger partial charge on any atom is -0.445 e. The number of amides is 2. The summed E-state index contributed by atoms with van der Waals surface area (Å²) in [7, 11) is 0. The fourth-order valence-electron chi connectivity index (χ4n) is 3.02. The lowest BCUT2D eigenvalue weighted by molar-refractivity contribution is -0.140. The van der Waals surface area contributed by atoms with Crippen molar-refractivity contribution in [2.75, 3.05) is 5.32 Å². The van der Waals surface area contributed by atoms with Gasteiger partial charge >= 0.3 is 5.97 Å². The first-order chi connectivity index (χ1) is 13.3. The largest absolute Gasteiger partial charge is 0.445 e. The number of cyclic esters (lactones) is 1. The molecule has 1 atom stereocenters. The summed E-state index contributed by atoms with van der Waals surface area (Å²) in [6.07, 6.45) is 0.334. The second kappa shape index (κ2) is 7.84. The van der Waals surface area contributed by atoms with Crippen molar-refractivity contribution in [3.63, 3.8) is 0 Å². The number of rotatable bonds is 5. The van der Waals surface area contributed by atoms with Crippen molar-refractivity contribution in [2.24, 2.45) is 5.92 Å². The summed E-state index contributed by atoms with van der Waals surface area (Å²) in [5, 5.41) is 5.66. The summed E-state index contributed by atoms with van der Waals surface area (Å²) in [6.45, 7) is 5.58. The maximum atomic E-state index is 12.7. The molecule has 2 N–H and O–H groups in total. The SMILES string of the molecule is CC(C)C(=O)Nc1ccc(CNC(=O)C2(C)Cc3ccccc3C(=O)O2)cc1. The Bertz CT molecular complexity index is 905. The van der Waals surface area contributed by atoms with Gasteiger partial charge in [0.05, 0.1) is 5.56 Å². The lowest BCUT2D eigenvalue weighted by Crippen LogP contribution is -2.51. The zero-order chi connectivity index (χ0) is 20.3. The van der Waals surface area contributed by atoms with Gasteiger partial charge in [-0.25, -0.2) is 4.79 Å². The third kappa shape index (κ3) is 4.22. The van der Waals surface area contributed by atoms with E-state index in [0.29, 0.717) is 24.2 Å². The Labute approximate surface area is 164 Å². The zero-order valence-electron chi connectivity index (χ0n) is 16.2. The summed E-state index contributed by atoms with van der Waals surface area (Å²) in [5.74, 6) is -0.964. The molecule has 3 rings (SSSR count). The average Bonchev–Trinajstić information content (AvgIpc) is 2.67. The molecule has 6 nitrogen and oxygen atoms in total. The molecule has 0 spiro atoms. The Balaban J connectivity index is 1.61. The highest BCUT2D eigenvalue weighted by Crippen LogP contribution is 2.28. The molecule has 2 amide bonds. The van der Waals surface area contributed by atoms with Gasteiger partial charge in [0.15, 0.2) is 5.60 Å². The Morgan fingerprint density at radius 2 is 1.79 bits per heavy atom. The van der Waals surface area contributed by atoms with Crippen molar-refractivity contribution in [3.05, 3.63) is 65.2 Å². The van der Waals surface area contributed by atoms with E-state index in [4.69, 9.17) is 4.74 Å². The van der Waals surface area contributed by atoms with Crippen molar-refractivity contribution < 1.29 is 19.1 Å². The number of fused-ring (bicyclic) bond motifs is 1. The van der Waals surface area contributed by atoms with Crippen LogP contribution in [0.2, 0.25) is 0 Å². The molecule has 0 saturated heterocycles. The number of carbonyl (C=O) groups is 3. The standard InChI is InChI=1S/C22H24N2O4/c1-14(2)19(25)24-17-10-8-15(9-11-17)13-23-21(27)22(3)12-16-6-4-5-7-18(16)20(26)28-22/h4-11,14H,12-13H2,1-3H3,(H,23,27)(H,24,25). The lowest BCUT2D eigenvalue weighted by atomic mass is 9.89. The molecule has 1 heterocycles. The first-order valence-corrected chi connectivity index (χ1v) is 9.28. The van der Waals surface area contributed by atoms with Gasteiger partial charge in [-0.2, -0.15) is 0 Å². The maximum absolute atomic E-state index is 12.7. The number of ether oxygens (including phenoxy) is 1. The molecular formula is C22H24N2O4. The molecule has 146 valence electrons. The van der Waals surface area contributed by atoms with E-state index in [1.54, 1.807) is 31.2 Å². The molecule has 1 unspecified atom stereocenters. The van der Waals surface area contributed by atoms with Gasteiger partial charge in [0.2, 0.25) is 5.91 Å². The highest BCUT2D eigenvalue weighted by molar-refractivity contribution is 5.97. The van der Waals surface area contributed by atoms with Gasteiger partial charge in [-0.15, -0.1) is 0 Å². The minimum atomic E-state index is -1.24. The van der Waals surface area contributed by atoms with Crippen molar-refractivity contribution >= 4 is 23.5 Å². The van der Waals surface area contributed by atoms with E-state index in [0.717, 1.165) is 11.1 Å². The van der Waals surface area contributed by atoms with Crippen LogP contribution in [-0.4, -0.2) is 23.4 Å². The van der Waals surface area contributed by atoms with Gasteiger partial charge in [-0.05, 0) is 36.2 Å². The molecule has 0 aliphatic carbocycles. The molecule has 2 aromatic carbocycles. The maximum Gasteiger partial charge on any atom is 0.339 e. The smallest absolute Gasteiger partial charge is 0.339 e. The first-order valence-electron chi connectivity index (χ1n) is 9.28. The molecule has 1 aliphatic heterocycles. The summed E-state index contributed by atoms with van der Waals surface area (Å²) in [5.41, 5.74) is 1.66. The number of carbonyl (C=O) groups excluding carboxylic acids is 3. The normalized spacial score (nSPS) is 18.2. The van der Waals surface area contributed by atoms with Gasteiger partial charge in [0.25, 0.3) is 5.91 Å². The first kappa shape index (κ1) is 19.6. The molecule has 1 aliphatic rings. The van der Waals surface area contributed by atoms with Crippen molar-refractivity contribution in [1.82, 2.24) is 5.32 Å². The van der Waals surface area contributed by atoms with E-state index >= 15 is 0 Å². The van der Waals surface area contributed by atoms with E-state index in [-0.39, 0.29) is 17.7 Å². The number of anilines is 1. The van der Waals surface area contributed by atoms with Crippen LogP contribution in [0, 0.1) is 5.92 Å². The molecule has 0 fully saturated rings. The third-order valence-corrected chi connectivity index (χ3v) is 4.76. The summed E-state index contributed by atoms with van der Waals surface area (Å²) in [4.78, 5) is 36.6. The van der Waals surface area contributed by atoms with Gasteiger partial charge in [0, 0.05) is 24.6 Å². The van der Waals surface area contributed by atoms with Crippen molar-refractivity contribution in [3.8, 4) is 0 Å². The molecule has 6 heteroatoms. The summed E-state index contributed by atoms with van der Waals surface area (Å²) < 4.78 is 5.44. The predicted octanol–water partition coefficient (Wildman–Crippen LogP) is 3.07. The van der Waals surface area contributed by atoms with E-state index in [9.17, 15) is 14.4 Å². The minimum absolute atomic E-state index is 0.0478. The van der Waals surface area contributed by atoms with Crippen LogP contribution in [0.1, 0.15) is 42.3 Å². The second-order valence-electron chi connectivity index (χ2n) is 7.48. The Morgan fingerprint density at radius 1 is 1.11 bits per heavy atom. The molecule has 2 aromatic rings. The van der Waals surface area contributed by atoms with E-state index in [1.165, 1.54) is 0 Å². The lowest BCUT2D eigenvalue weighted by Gasteiger charge is -2.33. The van der Waals surface area contributed by atoms with Crippen LogP contribution in [0.4, 0.5) is 5.69 Å². The monoisotopic (exact) mass is 380 g/mol. The van der Waals surface area contributed by atoms with Crippen LogP contribution in [-0.2, 0) is 27.3 Å². The number of hydrogen-bond donors (Lipinski definition) is 2. The fourth-order valence-corrected chi connectivity index (χ4v) is 3.02. The van der Waals surface area contributed by atoms with Crippen LogP contribution in [0.25, 0.3) is 0 Å². The quantitative estimate of drug-likeness (QED) is 0.781. The topological polar surface area (TPSA) is 84.5 Å². The Hall–Kier alpha value is -3.15. The highest BCUT2D eigenvalue weighted by atomic mass is 16.6.